The molecule has 0 spiro atoms. The normalized spacial score (nSPS) is 15.0. The van der Waals surface area contributed by atoms with Crippen molar-refractivity contribution < 1.29 is 17.6 Å². The monoisotopic (exact) mass is 386 g/mol. The molecule has 0 saturated heterocycles. The van der Waals surface area contributed by atoms with E-state index in [0.717, 1.165) is 37.8 Å². The molecule has 0 nitrogen and oxygen atoms in total. The van der Waals surface area contributed by atoms with Crippen LogP contribution in [0.3, 0.4) is 0 Å². The average Bonchev–Trinajstić information content (AvgIpc) is 2.58. The molecule has 0 aliphatic heterocycles. The molecule has 0 saturated carbocycles. The first kappa shape index (κ1) is 24.2. The van der Waals surface area contributed by atoms with Gasteiger partial charge in [0.05, 0.1) is 25.7 Å². The third-order valence-corrected chi connectivity index (χ3v) is 8.66. The highest BCUT2D eigenvalue weighted by atomic mass is 28.2. The molecule has 0 aromatic carbocycles. The second kappa shape index (κ2) is 19.5. The van der Waals surface area contributed by atoms with Crippen LogP contribution in [0.5, 0.6) is 0 Å². The van der Waals surface area contributed by atoms with Crippen LogP contribution in [0.4, 0.5) is 17.6 Å². The summed E-state index contributed by atoms with van der Waals surface area (Å²) in [4.78, 5) is 0. The maximum Gasteiger partial charge on any atom is 0.0973 e. The first-order valence-corrected chi connectivity index (χ1v) is 14.1. The summed E-state index contributed by atoms with van der Waals surface area (Å²) in [5.41, 5.74) is 0. The molecular weight excluding hydrogens is 348 g/mol. The van der Waals surface area contributed by atoms with Crippen LogP contribution < -0.4 is 0 Å². The Kier molecular flexibility index (Phi) is 19.6. The van der Waals surface area contributed by atoms with E-state index in [9.17, 15) is 17.6 Å². The fourth-order valence-electron chi connectivity index (χ4n) is 3.00. The Balaban J connectivity index is 3.21. The molecule has 0 N–H and O–H groups in total. The maximum absolute atomic E-state index is 13.6. The molecule has 0 aliphatic carbocycles. The third kappa shape index (κ3) is 18.5. The maximum atomic E-state index is 13.6. The van der Waals surface area contributed by atoms with E-state index in [1.807, 2.05) is 0 Å². The molecule has 0 fully saturated rings. The van der Waals surface area contributed by atoms with E-state index >= 15 is 0 Å². The van der Waals surface area contributed by atoms with Crippen molar-refractivity contribution in [2.45, 2.75) is 101 Å². The second-order valence-electron chi connectivity index (χ2n) is 6.97. The first-order valence-electron chi connectivity index (χ1n) is 10.1. The lowest BCUT2D eigenvalue weighted by molar-refractivity contribution is 0.325. The van der Waals surface area contributed by atoms with Crippen LogP contribution in [0.15, 0.2) is 0 Å². The highest BCUT2D eigenvalue weighted by Crippen LogP contribution is 2.14. The van der Waals surface area contributed by atoms with Gasteiger partial charge in [0.1, 0.15) is 0 Å². The number of rotatable bonds is 19. The fourth-order valence-corrected chi connectivity index (χ4v) is 6.46. The van der Waals surface area contributed by atoms with Crippen molar-refractivity contribution in [1.82, 2.24) is 0 Å². The predicted octanol–water partition coefficient (Wildman–Crippen LogP) is 5.51. The fraction of sp³-hybridized carbons (Fsp3) is 1.00. The molecule has 0 amide bonds. The molecule has 6 heteroatoms. The summed E-state index contributed by atoms with van der Waals surface area (Å²) in [5, 5.41) is 0. The molecule has 0 aromatic heterocycles. The lowest BCUT2D eigenvalue weighted by Crippen LogP contribution is -2.05. The van der Waals surface area contributed by atoms with Crippen molar-refractivity contribution in [3.63, 3.8) is 0 Å². The number of alkyl halides is 4. The van der Waals surface area contributed by atoms with Gasteiger partial charge in [-0.1, -0.05) is 50.6 Å². The summed E-state index contributed by atoms with van der Waals surface area (Å²) < 4.78 is 51.0. The standard InChI is InChI=1S/C18H38F4Si2/c19-11-5-1-3-9-17(21)15-23-13-7-8-14-24-16-18(22)10-4-2-6-12-20/h17-18H,1-16,23-24H2. The van der Waals surface area contributed by atoms with Crippen LogP contribution in [-0.4, -0.2) is 44.7 Å². The largest absolute Gasteiger partial charge is 0.251 e. The Morgan fingerprint density at radius 2 is 0.958 bits per heavy atom. The Labute approximate surface area is 151 Å². The summed E-state index contributed by atoms with van der Waals surface area (Å²) in [6, 6.07) is 3.97. The van der Waals surface area contributed by atoms with Crippen molar-refractivity contribution in [2.75, 3.05) is 13.3 Å². The molecule has 0 aromatic rings. The minimum absolute atomic E-state index is 0.280. The quantitative estimate of drug-likeness (QED) is 0.156. The van der Waals surface area contributed by atoms with Crippen LogP contribution in [0, 0.1) is 0 Å². The topological polar surface area (TPSA) is 0 Å². The van der Waals surface area contributed by atoms with E-state index < -0.39 is 12.3 Å². The number of unbranched alkanes of at least 4 members (excludes halogenated alkanes) is 5. The van der Waals surface area contributed by atoms with Gasteiger partial charge in [-0.3, -0.25) is 8.78 Å². The molecule has 24 heavy (non-hydrogen) atoms. The summed E-state index contributed by atoms with van der Waals surface area (Å²) in [5.74, 6) is 0. The average molecular weight is 387 g/mol. The van der Waals surface area contributed by atoms with Crippen molar-refractivity contribution >= 4 is 19.0 Å². The highest BCUT2D eigenvalue weighted by Gasteiger charge is 2.07. The minimum atomic E-state index is -0.657. The Morgan fingerprint density at radius 3 is 1.33 bits per heavy atom. The van der Waals surface area contributed by atoms with Crippen molar-refractivity contribution in [3.05, 3.63) is 0 Å². The Hall–Kier alpha value is 0.154. The van der Waals surface area contributed by atoms with Gasteiger partial charge in [-0.05, 0) is 37.8 Å². The summed E-state index contributed by atoms with van der Waals surface area (Å²) >= 11 is 0. The zero-order valence-corrected chi connectivity index (χ0v) is 18.2. The van der Waals surface area contributed by atoms with Crippen LogP contribution in [0.1, 0.15) is 64.2 Å². The SMILES string of the molecule is FCCCCCC(F)C[SiH2]CCCC[SiH2]CC(F)CCCCCF. The molecule has 0 heterocycles. The molecule has 146 valence electrons. The lowest BCUT2D eigenvalue weighted by atomic mass is 10.1. The van der Waals surface area contributed by atoms with Crippen molar-refractivity contribution in [2.24, 2.45) is 0 Å². The summed E-state index contributed by atoms with van der Waals surface area (Å²) in [6.45, 7) is -0.561. The second-order valence-corrected chi connectivity index (χ2v) is 11.0. The van der Waals surface area contributed by atoms with E-state index in [4.69, 9.17) is 0 Å². The Morgan fingerprint density at radius 1 is 0.542 bits per heavy atom. The van der Waals surface area contributed by atoms with Crippen LogP contribution in [0.25, 0.3) is 0 Å². The highest BCUT2D eigenvalue weighted by molar-refractivity contribution is 6.36. The molecule has 0 bridgehead atoms. The van der Waals surface area contributed by atoms with E-state index in [1.165, 1.54) is 24.9 Å². The number of hydrogen-bond acceptors (Lipinski definition) is 0. The van der Waals surface area contributed by atoms with Gasteiger partial charge in [0.15, 0.2) is 0 Å². The van der Waals surface area contributed by atoms with E-state index in [0.29, 0.717) is 25.7 Å². The van der Waals surface area contributed by atoms with Crippen molar-refractivity contribution in [3.8, 4) is 0 Å². The molecular formula is C18H38F4Si2. The molecule has 0 rings (SSSR count). The lowest BCUT2D eigenvalue weighted by Gasteiger charge is -2.08. The van der Waals surface area contributed by atoms with Gasteiger partial charge < -0.3 is 0 Å². The van der Waals surface area contributed by atoms with Gasteiger partial charge >= 0.3 is 0 Å². The number of hydrogen-bond donors (Lipinski definition) is 0. The predicted molar refractivity (Wildman–Crippen MR) is 104 cm³/mol. The van der Waals surface area contributed by atoms with Crippen LogP contribution in [0.2, 0.25) is 24.2 Å². The van der Waals surface area contributed by atoms with E-state index in [-0.39, 0.29) is 32.4 Å². The molecule has 2 atom stereocenters. The summed E-state index contributed by atoms with van der Waals surface area (Å²) in [6.07, 6.45) is 6.73. The first-order chi connectivity index (χ1) is 11.7. The summed E-state index contributed by atoms with van der Waals surface area (Å²) in [7, 11) is -0.561. The molecule has 2 unspecified atom stereocenters. The minimum Gasteiger partial charge on any atom is -0.251 e. The zero-order valence-electron chi connectivity index (χ0n) is 15.4. The van der Waals surface area contributed by atoms with E-state index in [1.54, 1.807) is 0 Å². The van der Waals surface area contributed by atoms with Gasteiger partial charge in [-0.15, -0.1) is 0 Å². The van der Waals surface area contributed by atoms with Crippen LogP contribution >= 0.6 is 0 Å². The smallest absolute Gasteiger partial charge is 0.0973 e. The Bertz CT molecular complexity index is 221. The zero-order chi connectivity index (χ0) is 17.9. The van der Waals surface area contributed by atoms with Gasteiger partial charge in [-0.25, -0.2) is 8.78 Å². The van der Waals surface area contributed by atoms with Crippen LogP contribution in [-0.2, 0) is 0 Å². The van der Waals surface area contributed by atoms with Gasteiger partial charge in [-0.2, -0.15) is 0 Å². The number of halogens is 4. The van der Waals surface area contributed by atoms with Gasteiger partial charge in [0.25, 0.3) is 0 Å². The van der Waals surface area contributed by atoms with Gasteiger partial charge in [0, 0.05) is 19.0 Å². The van der Waals surface area contributed by atoms with Gasteiger partial charge in [0.2, 0.25) is 0 Å². The third-order valence-electron chi connectivity index (χ3n) is 4.59. The van der Waals surface area contributed by atoms with Crippen molar-refractivity contribution in [1.29, 1.82) is 0 Å². The molecule has 0 radical (unpaired) electrons. The molecule has 0 aliphatic rings. The van der Waals surface area contributed by atoms with E-state index in [2.05, 4.69) is 0 Å².